The molecule has 2 aliphatic rings. The lowest BCUT2D eigenvalue weighted by atomic mass is 9.62. The summed E-state index contributed by atoms with van der Waals surface area (Å²) in [5.41, 5.74) is 4.28. The van der Waals surface area contributed by atoms with Gasteiger partial charge in [0.25, 0.3) is 0 Å². The first-order valence-corrected chi connectivity index (χ1v) is 20.3. The van der Waals surface area contributed by atoms with Crippen LogP contribution in [0.5, 0.6) is 11.5 Å². The Morgan fingerprint density at radius 2 is 1.07 bits per heavy atom. The Hall–Kier alpha value is -7.00. The zero-order valence-electron chi connectivity index (χ0n) is 33.4. The van der Waals surface area contributed by atoms with Crippen LogP contribution in [0.25, 0.3) is 44.5 Å². The molecule has 0 radical (unpaired) electrons. The van der Waals surface area contributed by atoms with Crippen LogP contribution in [0.1, 0.15) is 28.2 Å². The molecule has 0 saturated carbocycles. The largest absolute Gasteiger partial charge is 0.491 e. The Morgan fingerprint density at radius 1 is 0.574 bits per heavy atom. The molecule has 0 bridgehead atoms. The second-order valence-corrected chi connectivity index (χ2v) is 15.6. The van der Waals surface area contributed by atoms with Crippen LogP contribution in [0.15, 0.2) is 159 Å². The van der Waals surface area contributed by atoms with Gasteiger partial charge in [-0.3, -0.25) is 0 Å². The van der Waals surface area contributed by atoms with Gasteiger partial charge in [-0.1, -0.05) is 122 Å². The van der Waals surface area contributed by atoms with Crippen molar-refractivity contribution in [1.82, 2.24) is 0 Å². The van der Waals surface area contributed by atoms with Gasteiger partial charge >= 0.3 is 11.9 Å². The summed E-state index contributed by atoms with van der Waals surface area (Å²) >= 11 is 0. The van der Waals surface area contributed by atoms with E-state index in [1.807, 2.05) is 24.3 Å². The van der Waals surface area contributed by atoms with Crippen molar-refractivity contribution >= 4 is 56.4 Å². The lowest BCUT2D eigenvalue weighted by Gasteiger charge is -2.39. The van der Waals surface area contributed by atoms with Crippen LogP contribution in [-0.2, 0) is 24.5 Å². The minimum atomic E-state index is -0.990. The minimum Gasteiger partial charge on any atom is -0.491 e. The summed E-state index contributed by atoms with van der Waals surface area (Å²) in [5.74, 6) is 0.114. The summed E-state index contributed by atoms with van der Waals surface area (Å²) in [5, 5.41) is 29.6. The molecule has 0 spiro atoms. The highest BCUT2D eigenvalue weighted by Crippen LogP contribution is 2.61. The molecule has 0 heterocycles. The predicted octanol–water partition coefficient (Wildman–Crippen LogP) is 7.41. The molecule has 7 aromatic carbocycles. The number of carbonyl (C=O) groups is 2. The summed E-state index contributed by atoms with van der Waals surface area (Å²) in [4.78, 5) is 22.9. The van der Waals surface area contributed by atoms with E-state index in [4.69, 9.17) is 18.9 Å². The average Bonchev–Trinajstić information content (AvgIpc) is 3.59. The number of hydrogen-bond acceptors (Lipinski definition) is 8. The molecule has 0 aromatic heterocycles. The van der Waals surface area contributed by atoms with Crippen LogP contribution >= 0.6 is 0 Å². The van der Waals surface area contributed by atoms with Gasteiger partial charge in [-0.15, -0.1) is 0 Å². The third-order valence-corrected chi connectivity index (χ3v) is 11.9. The quantitative estimate of drug-likeness (QED) is 0.0864. The van der Waals surface area contributed by atoms with Gasteiger partial charge in [0.05, 0.1) is 5.41 Å². The maximum absolute atomic E-state index is 11.5. The van der Waals surface area contributed by atoms with Crippen molar-refractivity contribution in [3.63, 3.8) is 0 Å². The molecular formula is C53H44O8. The van der Waals surface area contributed by atoms with E-state index in [9.17, 15) is 19.8 Å². The van der Waals surface area contributed by atoms with E-state index in [1.54, 1.807) is 0 Å². The number of fused-ring (bicyclic) bond motifs is 8. The number of hydrogen-bond donors (Lipinski definition) is 2. The van der Waals surface area contributed by atoms with E-state index in [2.05, 4.69) is 135 Å². The Balaban J connectivity index is 1.16. The van der Waals surface area contributed by atoms with E-state index >= 15 is 0 Å². The maximum Gasteiger partial charge on any atom is 0.330 e. The summed E-state index contributed by atoms with van der Waals surface area (Å²) in [7, 11) is 0. The number of carbonyl (C=O) groups excluding carboxylic acids is 2. The fourth-order valence-electron chi connectivity index (χ4n) is 9.17. The number of esters is 2. The van der Waals surface area contributed by atoms with E-state index in [0.29, 0.717) is 11.5 Å². The SMILES string of the molecule is C=CC(=O)OCC(O)COc1ccc2cc(C3(c4ccc5cc(OCC(O)COC(=O)C=C)ccc5c4)c4c(ccc5ccccc45)[C@@H]4C=c5ccccc5=CC43)ccc2c1. The highest BCUT2D eigenvalue weighted by atomic mass is 16.6. The Morgan fingerprint density at radius 3 is 1.64 bits per heavy atom. The molecule has 0 saturated heterocycles. The molecule has 9 rings (SSSR count). The van der Waals surface area contributed by atoms with Gasteiger partial charge in [-0.25, -0.2) is 9.59 Å². The first kappa shape index (κ1) is 39.5. The normalized spacial score (nSPS) is 18.4. The van der Waals surface area contributed by atoms with E-state index < -0.39 is 29.6 Å². The van der Waals surface area contributed by atoms with E-state index in [0.717, 1.165) is 44.8 Å². The summed E-state index contributed by atoms with van der Waals surface area (Å²) < 4.78 is 21.8. The monoisotopic (exact) mass is 808 g/mol. The molecule has 0 fully saturated rings. The lowest BCUT2D eigenvalue weighted by Crippen LogP contribution is -2.39. The molecule has 8 heteroatoms. The molecule has 7 aromatic rings. The van der Waals surface area contributed by atoms with Gasteiger partial charge in [-0.2, -0.15) is 0 Å². The van der Waals surface area contributed by atoms with Crippen molar-refractivity contribution in [3.05, 3.63) is 191 Å². The highest BCUT2D eigenvalue weighted by molar-refractivity contribution is 5.94. The summed E-state index contributed by atoms with van der Waals surface area (Å²) in [6.07, 6.45) is 5.06. The Kier molecular flexibility index (Phi) is 10.7. The molecule has 2 aliphatic carbocycles. The third kappa shape index (κ3) is 7.45. The third-order valence-electron chi connectivity index (χ3n) is 11.9. The second kappa shape index (κ2) is 16.6. The predicted molar refractivity (Wildman–Crippen MR) is 238 cm³/mol. The van der Waals surface area contributed by atoms with Crippen molar-refractivity contribution in [1.29, 1.82) is 0 Å². The number of rotatable bonds is 14. The standard InChI is InChI=1S/C53H44O8/c1-3-50(56)60-31-42(54)29-58-44-20-15-36-23-40(18-13-38(36)25-44)53(41-19-14-39-26-45(21-16-37(39)24-41)59-30-43(55)32-61-51(57)4-2)49-28-35-11-6-5-10-34(35)27-48(49)47-22-17-33-9-7-8-12-46(33)52(47)53/h3-28,42-43,48-49,54-55H,1-2,29-32H2/t42?,43?,48-,49?,53?/m0/s1. The molecule has 4 atom stereocenters. The van der Waals surface area contributed by atoms with Crippen LogP contribution in [0.2, 0.25) is 0 Å². The van der Waals surface area contributed by atoms with E-state index in [-0.39, 0.29) is 38.3 Å². The summed E-state index contributed by atoms with van der Waals surface area (Å²) in [6, 6.07) is 47.1. The minimum absolute atomic E-state index is 0.0247. The first-order chi connectivity index (χ1) is 29.7. The first-order valence-electron chi connectivity index (χ1n) is 20.3. The van der Waals surface area contributed by atoms with Crippen LogP contribution in [-0.4, -0.2) is 60.8 Å². The smallest absolute Gasteiger partial charge is 0.330 e. The van der Waals surface area contributed by atoms with Crippen molar-refractivity contribution in [2.24, 2.45) is 5.92 Å². The van der Waals surface area contributed by atoms with Gasteiger partial charge in [-0.05, 0) is 101 Å². The lowest BCUT2D eigenvalue weighted by molar-refractivity contribution is -0.142. The fraction of sp³-hybridized carbons (Fsp3) is 0.170. The number of benzene rings is 7. The van der Waals surface area contributed by atoms with Crippen molar-refractivity contribution in [3.8, 4) is 11.5 Å². The molecule has 61 heavy (non-hydrogen) atoms. The number of ether oxygens (including phenoxy) is 4. The molecule has 304 valence electrons. The second-order valence-electron chi connectivity index (χ2n) is 15.6. The molecule has 0 aliphatic heterocycles. The Labute approximate surface area is 352 Å². The molecular weight excluding hydrogens is 765 g/mol. The average molecular weight is 809 g/mol. The van der Waals surface area contributed by atoms with Gasteiger partial charge < -0.3 is 29.2 Å². The van der Waals surface area contributed by atoms with Crippen molar-refractivity contribution in [2.45, 2.75) is 23.5 Å². The van der Waals surface area contributed by atoms with Gasteiger partial charge in [0.15, 0.2) is 0 Å². The van der Waals surface area contributed by atoms with Crippen LogP contribution < -0.4 is 19.9 Å². The molecule has 8 nitrogen and oxygen atoms in total. The van der Waals surface area contributed by atoms with Gasteiger partial charge in [0.1, 0.15) is 50.1 Å². The van der Waals surface area contributed by atoms with Crippen molar-refractivity contribution in [2.75, 3.05) is 26.4 Å². The van der Waals surface area contributed by atoms with Gasteiger partial charge in [0, 0.05) is 24.0 Å². The topological polar surface area (TPSA) is 112 Å². The van der Waals surface area contributed by atoms with Crippen LogP contribution in [0.4, 0.5) is 0 Å². The van der Waals surface area contributed by atoms with Crippen molar-refractivity contribution < 1.29 is 38.7 Å². The Bertz CT molecular complexity index is 2870. The van der Waals surface area contributed by atoms with Crippen LogP contribution in [0.3, 0.4) is 0 Å². The number of aliphatic hydroxyl groups excluding tert-OH is 2. The summed E-state index contributed by atoms with van der Waals surface area (Å²) in [6.45, 7) is 6.32. The number of aliphatic hydroxyl groups is 2. The molecule has 0 amide bonds. The van der Waals surface area contributed by atoms with Gasteiger partial charge in [0.2, 0.25) is 0 Å². The highest BCUT2D eigenvalue weighted by Gasteiger charge is 2.54. The zero-order valence-corrected chi connectivity index (χ0v) is 33.4. The fourth-order valence-corrected chi connectivity index (χ4v) is 9.17. The molecule has 2 N–H and O–H groups in total. The van der Waals surface area contributed by atoms with E-state index in [1.165, 1.54) is 32.3 Å². The zero-order chi connectivity index (χ0) is 42.1. The maximum atomic E-state index is 11.5. The molecule has 3 unspecified atom stereocenters. The van der Waals surface area contributed by atoms with Crippen LogP contribution in [0, 0.1) is 5.92 Å².